The smallest absolute Gasteiger partial charge is 0.336 e. The van der Waals surface area contributed by atoms with Crippen LogP contribution in [0.3, 0.4) is 0 Å². The van der Waals surface area contributed by atoms with Gasteiger partial charge in [0.25, 0.3) is 5.91 Å². The van der Waals surface area contributed by atoms with E-state index in [9.17, 15) is 18.0 Å². The van der Waals surface area contributed by atoms with Gasteiger partial charge >= 0.3 is 6.18 Å². The van der Waals surface area contributed by atoms with Crippen molar-refractivity contribution in [3.63, 3.8) is 0 Å². The summed E-state index contributed by atoms with van der Waals surface area (Å²) in [5.41, 5.74) is 5.78. The van der Waals surface area contributed by atoms with Crippen molar-refractivity contribution in [2.45, 2.75) is 25.9 Å². The molecule has 1 aromatic heterocycles. The number of aromatic nitrogens is 1. The monoisotopic (exact) mass is 383 g/mol. The standard InChI is InChI=1S/C18H20F3N3OS/c1-11-23-15(17(25)24(9-8-22)10-12-2-3-12)16(26-11)13-4-6-14(7-5-13)18(19,20)21/h4-7,12H,2-3,8-10,22H2,1H3. The van der Waals surface area contributed by atoms with E-state index in [0.29, 0.717) is 46.7 Å². The van der Waals surface area contributed by atoms with Crippen LogP contribution < -0.4 is 5.73 Å². The molecule has 2 N–H and O–H groups in total. The molecule has 26 heavy (non-hydrogen) atoms. The number of nitrogens with zero attached hydrogens (tertiary/aromatic N) is 2. The van der Waals surface area contributed by atoms with Gasteiger partial charge in [-0.3, -0.25) is 4.79 Å². The summed E-state index contributed by atoms with van der Waals surface area (Å²) in [5.74, 6) is 0.307. The number of alkyl halides is 3. The summed E-state index contributed by atoms with van der Waals surface area (Å²) in [6.07, 6.45) is -2.17. The van der Waals surface area contributed by atoms with Crippen molar-refractivity contribution in [3.05, 3.63) is 40.5 Å². The van der Waals surface area contributed by atoms with Crippen LogP contribution in [0.25, 0.3) is 10.4 Å². The lowest BCUT2D eigenvalue weighted by atomic mass is 10.1. The molecule has 8 heteroatoms. The second kappa shape index (κ2) is 7.36. The first-order valence-electron chi connectivity index (χ1n) is 8.44. The first kappa shape index (κ1) is 18.8. The van der Waals surface area contributed by atoms with Crippen molar-refractivity contribution >= 4 is 17.2 Å². The van der Waals surface area contributed by atoms with Gasteiger partial charge in [0.05, 0.1) is 15.4 Å². The maximum atomic E-state index is 13.0. The highest BCUT2D eigenvalue weighted by Gasteiger charge is 2.31. The lowest BCUT2D eigenvalue weighted by molar-refractivity contribution is -0.137. The van der Waals surface area contributed by atoms with Crippen LogP contribution >= 0.6 is 11.3 Å². The summed E-state index contributed by atoms with van der Waals surface area (Å²) >= 11 is 1.31. The fourth-order valence-corrected chi connectivity index (χ4v) is 3.69. The highest BCUT2D eigenvalue weighted by atomic mass is 32.1. The molecule has 0 spiro atoms. The number of aryl methyl sites for hydroxylation is 1. The Morgan fingerprint density at radius 1 is 1.31 bits per heavy atom. The van der Waals surface area contributed by atoms with Crippen LogP contribution in [-0.2, 0) is 6.18 Å². The van der Waals surface area contributed by atoms with E-state index in [1.165, 1.54) is 23.5 Å². The Balaban J connectivity index is 1.90. The third kappa shape index (κ3) is 4.24. The van der Waals surface area contributed by atoms with Gasteiger partial charge in [-0.1, -0.05) is 12.1 Å². The molecule has 4 nitrogen and oxygen atoms in total. The summed E-state index contributed by atoms with van der Waals surface area (Å²) in [6, 6.07) is 4.84. The molecule has 1 heterocycles. The lowest BCUT2D eigenvalue weighted by Crippen LogP contribution is -2.37. The summed E-state index contributed by atoms with van der Waals surface area (Å²) in [7, 11) is 0. The predicted octanol–water partition coefficient (Wildman–Crippen LogP) is 3.95. The van der Waals surface area contributed by atoms with Crippen LogP contribution in [0, 0.1) is 12.8 Å². The Morgan fingerprint density at radius 2 is 1.96 bits per heavy atom. The Morgan fingerprint density at radius 3 is 2.50 bits per heavy atom. The summed E-state index contributed by atoms with van der Waals surface area (Å²) in [6.45, 7) is 3.23. The van der Waals surface area contributed by atoms with E-state index in [1.54, 1.807) is 11.8 Å². The maximum Gasteiger partial charge on any atom is 0.416 e. The largest absolute Gasteiger partial charge is 0.416 e. The van der Waals surface area contributed by atoms with Gasteiger partial charge in [0.15, 0.2) is 0 Å². The van der Waals surface area contributed by atoms with E-state index in [1.807, 2.05) is 0 Å². The van der Waals surface area contributed by atoms with Crippen LogP contribution in [0.15, 0.2) is 24.3 Å². The van der Waals surface area contributed by atoms with Gasteiger partial charge in [-0.2, -0.15) is 13.2 Å². The zero-order chi connectivity index (χ0) is 18.9. The summed E-state index contributed by atoms with van der Waals surface area (Å²) in [5, 5.41) is 0.697. The molecule has 140 valence electrons. The average Bonchev–Trinajstić information content (AvgIpc) is 3.32. The second-order valence-corrected chi connectivity index (χ2v) is 7.67. The molecule has 1 aromatic carbocycles. The quantitative estimate of drug-likeness (QED) is 0.822. The molecule has 0 atom stereocenters. The Kier molecular flexibility index (Phi) is 5.34. The fraction of sp³-hybridized carbons (Fsp3) is 0.444. The van der Waals surface area contributed by atoms with E-state index < -0.39 is 11.7 Å². The van der Waals surface area contributed by atoms with Gasteiger partial charge in [0.2, 0.25) is 0 Å². The number of halogens is 3. The first-order valence-corrected chi connectivity index (χ1v) is 9.25. The van der Waals surface area contributed by atoms with Crippen molar-refractivity contribution in [1.29, 1.82) is 0 Å². The second-order valence-electron chi connectivity index (χ2n) is 6.47. The number of rotatable bonds is 6. The molecule has 0 unspecified atom stereocenters. The molecule has 0 bridgehead atoms. The van der Waals surface area contributed by atoms with Gasteiger partial charge in [0, 0.05) is 19.6 Å². The molecule has 0 aliphatic heterocycles. The molecule has 0 saturated heterocycles. The first-order chi connectivity index (χ1) is 12.3. The van der Waals surface area contributed by atoms with E-state index in [4.69, 9.17) is 5.73 Å². The zero-order valence-electron chi connectivity index (χ0n) is 14.3. The van der Waals surface area contributed by atoms with E-state index >= 15 is 0 Å². The Hall–Kier alpha value is -1.93. The van der Waals surface area contributed by atoms with Crippen molar-refractivity contribution in [2.75, 3.05) is 19.6 Å². The number of benzene rings is 1. The van der Waals surface area contributed by atoms with Crippen LogP contribution in [0.4, 0.5) is 13.2 Å². The third-order valence-corrected chi connectivity index (χ3v) is 5.29. The molecular weight excluding hydrogens is 363 g/mol. The van der Waals surface area contributed by atoms with Crippen molar-refractivity contribution < 1.29 is 18.0 Å². The van der Waals surface area contributed by atoms with E-state index in [2.05, 4.69) is 4.98 Å². The van der Waals surface area contributed by atoms with Gasteiger partial charge in [-0.15, -0.1) is 11.3 Å². The minimum absolute atomic E-state index is 0.207. The SMILES string of the molecule is Cc1nc(C(=O)N(CCN)CC2CC2)c(-c2ccc(C(F)(F)F)cc2)s1. The molecule has 3 rings (SSSR count). The third-order valence-electron chi connectivity index (χ3n) is 4.27. The molecule has 1 saturated carbocycles. The highest BCUT2D eigenvalue weighted by Crippen LogP contribution is 2.35. The number of hydrogen-bond acceptors (Lipinski definition) is 4. The van der Waals surface area contributed by atoms with E-state index in [-0.39, 0.29) is 5.91 Å². The van der Waals surface area contributed by atoms with Gasteiger partial charge in [-0.05, 0) is 43.4 Å². The fourth-order valence-electron chi connectivity index (χ4n) is 2.77. The summed E-state index contributed by atoms with van der Waals surface area (Å²) in [4.78, 5) is 19.6. The Labute approximate surface area is 153 Å². The number of thiazole rings is 1. The molecule has 2 aromatic rings. The predicted molar refractivity (Wildman–Crippen MR) is 95.0 cm³/mol. The number of carbonyl (C=O) groups excluding carboxylic acids is 1. The zero-order valence-corrected chi connectivity index (χ0v) is 15.2. The molecule has 1 aliphatic rings. The molecule has 1 fully saturated rings. The number of carbonyl (C=O) groups is 1. The van der Waals surface area contributed by atoms with Gasteiger partial charge in [0.1, 0.15) is 5.69 Å². The number of hydrogen-bond donors (Lipinski definition) is 1. The van der Waals surface area contributed by atoms with Crippen molar-refractivity contribution in [2.24, 2.45) is 11.7 Å². The maximum absolute atomic E-state index is 13.0. The molecule has 0 radical (unpaired) electrons. The van der Waals surface area contributed by atoms with Gasteiger partial charge in [-0.25, -0.2) is 4.98 Å². The Bertz CT molecular complexity index is 782. The minimum Gasteiger partial charge on any atom is -0.336 e. The number of nitrogens with two attached hydrogens (primary N) is 1. The molecule has 1 aliphatic carbocycles. The van der Waals surface area contributed by atoms with Crippen LogP contribution in [0.1, 0.15) is 33.9 Å². The minimum atomic E-state index is -4.39. The highest BCUT2D eigenvalue weighted by molar-refractivity contribution is 7.15. The normalized spacial score (nSPS) is 14.5. The molecular formula is C18H20F3N3OS. The average molecular weight is 383 g/mol. The van der Waals surface area contributed by atoms with Crippen LogP contribution in [-0.4, -0.2) is 35.4 Å². The van der Waals surface area contributed by atoms with Crippen LogP contribution in [0.2, 0.25) is 0 Å². The topological polar surface area (TPSA) is 59.2 Å². The lowest BCUT2D eigenvalue weighted by Gasteiger charge is -2.21. The van der Waals surface area contributed by atoms with Crippen molar-refractivity contribution in [1.82, 2.24) is 9.88 Å². The van der Waals surface area contributed by atoms with Crippen LogP contribution in [0.5, 0.6) is 0 Å². The molecule has 1 amide bonds. The van der Waals surface area contributed by atoms with Crippen molar-refractivity contribution in [3.8, 4) is 10.4 Å². The van der Waals surface area contributed by atoms with E-state index in [0.717, 1.165) is 25.0 Å². The summed E-state index contributed by atoms with van der Waals surface area (Å²) < 4.78 is 38.3. The number of amides is 1. The van der Waals surface area contributed by atoms with Gasteiger partial charge < -0.3 is 10.6 Å².